The van der Waals surface area contributed by atoms with Crippen molar-refractivity contribution in [3.63, 3.8) is 0 Å². The molecular weight excluding hydrogens is 245 g/mol. The van der Waals surface area contributed by atoms with E-state index >= 15 is 0 Å². The fraction of sp³-hybridized carbons (Fsp3) is 0.500. The van der Waals surface area contributed by atoms with Crippen LogP contribution in [0.2, 0.25) is 0 Å². The number of aliphatic hydroxyl groups excluding tert-OH is 1. The summed E-state index contributed by atoms with van der Waals surface area (Å²) >= 11 is 2.03. The lowest BCUT2D eigenvalue weighted by Gasteiger charge is -2.10. The maximum Gasteiger partial charge on any atom is 0.146 e. The van der Waals surface area contributed by atoms with Crippen molar-refractivity contribution in [2.75, 3.05) is 19.7 Å². The quantitative estimate of drug-likeness (QED) is 0.334. The number of hydrogen-bond donors (Lipinski definition) is 1. The second kappa shape index (κ2) is 5.82. The third kappa shape index (κ3) is 4.89. The van der Waals surface area contributed by atoms with Gasteiger partial charge in [0.1, 0.15) is 6.29 Å². The van der Waals surface area contributed by atoms with Gasteiger partial charge in [-0.1, -0.05) is 6.58 Å². The van der Waals surface area contributed by atoms with Crippen LogP contribution in [0.1, 0.15) is 0 Å². The van der Waals surface area contributed by atoms with E-state index in [1.807, 2.05) is 22.9 Å². The van der Waals surface area contributed by atoms with Gasteiger partial charge in [0.25, 0.3) is 0 Å². The molecule has 0 aliphatic rings. The molecule has 0 unspecified atom stereocenters. The molecule has 10 heavy (non-hydrogen) atoms. The number of nitrogens with zero attached hydrogens (tertiary/aromatic N) is 1. The number of halogens is 1. The van der Waals surface area contributed by atoms with Gasteiger partial charge in [-0.3, -0.25) is 4.79 Å². The van der Waals surface area contributed by atoms with Gasteiger partial charge < -0.3 is 5.11 Å². The third-order valence-electron chi connectivity index (χ3n) is 0.884. The minimum absolute atomic E-state index is 0.106. The summed E-state index contributed by atoms with van der Waals surface area (Å²) in [6.07, 6.45) is 0.725. The Bertz CT molecular complexity index is 127. The van der Waals surface area contributed by atoms with Crippen molar-refractivity contribution in [1.82, 2.24) is 3.11 Å². The van der Waals surface area contributed by atoms with Crippen molar-refractivity contribution in [2.24, 2.45) is 0 Å². The van der Waals surface area contributed by atoms with Crippen LogP contribution in [-0.2, 0) is 4.79 Å². The Hall–Kier alpha value is 0.0600. The van der Waals surface area contributed by atoms with Crippen LogP contribution in [0.25, 0.3) is 0 Å². The van der Waals surface area contributed by atoms with Gasteiger partial charge in [0.15, 0.2) is 0 Å². The Morgan fingerprint density at radius 1 is 1.80 bits per heavy atom. The summed E-state index contributed by atoms with van der Waals surface area (Å²) < 4.78 is 1.80. The predicted molar refractivity (Wildman–Crippen MR) is 47.9 cm³/mol. The first kappa shape index (κ1) is 10.1. The van der Waals surface area contributed by atoms with Crippen molar-refractivity contribution >= 4 is 29.2 Å². The Morgan fingerprint density at radius 2 is 2.40 bits per heavy atom. The van der Waals surface area contributed by atoms with Gasteiger partial charge in [-0.05, 0) is 5.57 Å². The van der Waals surface area contributed by atoms with Crippen LogP contribution >= 0.6 is 22.9 Å². The van der Waals surface area contributed by atoms with E-state index in [0.717, 1.165) is 6.29 Å². The lowest BCUT2D eigenvalue weighted by Crippen LogP contribution is -2.18. The Balaban J connectivity index is 3.46. The highest BCUT2D eigenvalue weighted by atomic mass is 127. The van der Waals surface area contributed by atoms with Crippen molar-refractivity contribution in [2.45, 2.75) is 0 Å². The molecule has 58 valence electrons. The van der Waals surface area contributed by atoms with Crippen LogP contribution in [0.15, 0.2) is 12.2 Å². The molecule has 3 nitrogen and oxygen atoms in total. The first-order valence-electron chi connectivity index (χ1n) is 2.85. The van der Waals surface area contributed by atoms with E-state index in [-0.39, 0.29) is 6.61 Å². The molecule has 0 aliphatic heterocycles. The van der Waals surface area contributed by atoms with E-state index in [4.69, 9.17) is 5.11 Å². The van der Waals surface area contributed by atoms with E-state index < -0.39 is 0 Å². The summed E-state index contributed by atoms with van der Waals surface area (Å²) in [5, 5.41) is 8.46. The van der Waals surface area contributed by atoms with Crippen LogP contribution in [0.3, 0.4) is 0 Å². The number of aliphatic hydroxyl groups is 1. The molecule has 0 aliphatic carbocycles. The summed E-state index contributed by atoms with van der Waals surface area (Å²) in [5.74, 6) is 0. The molecule has 0 saturated heterocycles. The first-order chi connectivity index (χ1) is 4.70. The molecule has 1 N–H and O–H groups in total. The number of carbonyl (C=O) groups is 1. The molecule has 0 aromatic rings. The van der Waals surface area contributed by atoms with Gasteiger partial charge in [0.2, 0.25) is 0 Å². The zero-order valence-electron chi connectivity index (χ0n) is 5.59. The standard InChI is InChI=1S/C6H10INO2/c1-6(5-10)4-8(7)2-3-9/h5,9H,1-4H2. The van der Waals surface area contributed by atoms with Gasteiger partial charge in [-0.25, -0.2) is 3.11 Å². The van der Waals surface area contributed by atoms with Crippen molar-refractivity contribution < 1.29 is 9.90 Å². The highest BCUT2D eigenvalue weighted by molar-refractivity contribution is 14.1. The van der Waals surface area contributed by atoms with Gasteiger partial charge >= 0.3 is 0 Å². The normalized spacial score (nSPS) is 9.90. The number of rotatable bonds is 5. The molecule has 0 saturated carbocycles. The van der Waals surface area contributed by atoms with Crippen molar-refractivity contribution in [3.8, 4) is 0 Å². The van der Waals surface area contributed by atoms with Crippen LogP contribution in [0.5, 0.6) is 0 Å². The molecule has 0 aromatic carbocycles. The van der Waals surface area contributed by atoms with Gasteiger partial charge in [-0.15, -0.1) is 0 Å². The Kier molecular flexibility index (Phi) is 5.85. The van der Waals surface area contributed by atoms with E-state index in [9.17, 15) is 4.79 Å². The van der Waals surface area contributed by atoms with E-state index in [1.54, 1.807) is 3.11 Å². The summed E-state index contributed by atoms with van der Waals surface area (Å²) in [6.45, 7) is 4.69. The SMILES string of the molecule is C=C(C=O)CN(I)CCO. The summed E-state index contributed by atoms with van der Waals surface area (Å²) in [7, 11) is 0. The summed E-state index contributed by atoms with van der Waals surface area (Å²) in [5.41, 5.74) is 0.530. The van der Waals surface area contributed by atoms with Crippen LogP contribution in [0, 0.1) is 0 Å². The Labute approximate surface area is 74.2 Å². The monoisotopic (exact) mass is 255 g/mol. The molecule has 0 fully saturated rings. The predicted octanol–water partition coefficient (Wildman–Crippen LogP) is 0.386. The fourth-order valence-corrected chi connectivity index (χ4v) is 1.10. The third-order valence-corrected chi connectivity index (χ3v) is 1.71. The minimum Gasteiger partial charge on any atom is -0.395 e. The molecular formula is C6H10INO2. The van der Waals surface area contributed by atoms with Crippen molar-refractivity contribution in [3.05, 3.63) is 12.2 Å². The van der Waals surface area contributed by atoms with Crippen LogP contribution < -0.4 is 0 Å². The molecule has 0 amide bonds. The molecule has 0 spiro atoms. The molecule has 0 radical (unpaired) electrons. The molecule has 0 bridgehead atoms. The van der Waals surface area contributed by atoms with Crippen molar-refractivity contribution in [1.29, 1.82) is 0 Å². The number of hydrogen-bond acceptors (Lipinski definition) is 3. The smallest absolute Gasteiger partial charge is 0.146 e. The lowest BCUT2D eigenvalue weighted by atomic mass is 10.3. The highest BCUT2D eigenvalue weighted by Gasteiger charge is 1.99. The first-order valence-corrected chi connectivity index (χ1v) is 3.81. The highest BCUT2D eigenvalue weighted by Crippen LogP contribution is 2.00. The topological polar surface area (TPSA) is 40.5 Å². The molecule has 0 aromatic heterocycles. The number of carbonyl (C=O) groups excluding carboxylic acids is 1. The summed E-state index contributed by atoms with van der Waals surface area (Å²) in [4.78, 5) is 10.1. The largest absolute Gasteiger partial charge is 0.395 e. The number of aldehydes is 1. The zero-order valence-corrected chi connectivity index (χ0v) is 7.74. The maximum absolute atomic E-state index is 10.1. The Morgan fingerprint density at radius 3 is 2.80 bits per heavy atom. The van der Waals surface area contributed by atoms with E-state index in [1.165, 1.54) is 0 Å². The molecule has 0 atom stereocenters. The molecule has 0 rings (SSSR count). The molecule has 4 heteroatoms. The molecule has 0 heterocycles. The zero-order chi connectivity index (χ0) is 7.98. The van der Waals surface area contributed by atoms with Crippen LogP contribution in [-0.4, -0.2) is 34.2 Å². The van der Waals surface area contributed by atoms with Gasteiger partial charge in [0, 0.05) is 36.0 Å². The van der Waals surface area contributed by atoms with E-state index in [0.29, 0.717) is 18.7 Å². The summed E-state index contributed by atoms with van der Waals surface area (Å²) in [6, 6.07) is 0. The average molecular weight is 255 g/mol. The second-order valence-corrected chi connectivity index (χ2v) is 3.21. The van der Waals surface area contributed by atoms with Crippen LogP contribution in [0.4, 0.5) is 0 Å². The van der Waals surface area contributed by atoms with Gasteiger partial charge in [-0.2, -0.15) is 0 Å². The van der Waals surface area contributed by atoms with E-state index in [2.05, 4.69) is 6.58 Å². The lowest BCUT2D eigenvalue weighted by molar-refractivity contribution is -0.105. The second-order valence-electron chi connectivity index (χ2n) is 1.84. The minimum atomic E-state index is 0.106. The average Bonchev–Trinajstić information content (AvgIpc) is 1.88. The van der Waals surface area contributed by atoms with Gasteiger partial charge in [0.05, 0.1) is 6.61 Å². The maximum atomic E-state index is 10.1. The fourth-order valence-electron chi connectivity index (χ4n) is 0.445.